The van der Waals surface area contributed by atoms with Crippen molar-refractivity contribution in [2.45, 2.75) is 31.8 Å². The molecule has 4 aromatic rings. The average Bonchev–Trinajstić information content (AvgIpc) is 3.27. The molecule has 26 heavy (non-hydrogen) atoms. The van der Waals surface area contributed by atoms with Gasteiger partial charge in [0, 0.05) is 18.0 Å². The Balaban J connectivity index is 1.65. The van der Waals surface area contributed by atoms with Crippen LogP contribution < -0.4 is 4.74 Å². The summed E-state index contributed by atoms with van der Waals surface area (Å²) in [6.07, 6.45) is 6.11. The second-order valence-corrected chi connectivity index (χ2v) is 7.22. The van der Waals surface area contributed by atoms with Crippen molar-refractivity contribution in [2.24, 2.45) is 0 Å². The number of nitrogens with zero attached hydrogens (tertiary/aromatic N) is 5. The summed E-state index contributed by atoms with van der Waals surface area (Å²) in [7, 11) is 0. The standard InChI is InChI=1S/C19H21N5OS/c1-3-5-12-25-15-8-6-14(7-9-15)16-13-17-18-20-21-19(26-4-2)23(18)10-11-24(17)22-16/h6-11,13H,3-5,12H2,1-2H3. The van der Waals surface area contributed by atoms with E-state index in [-0.39, 0.29) is 0 Å². The van der Waals surface area contributed by atoms with Gasteiger partial charge in [-0.3, -0.25) is 4.40 Å². The number of benzene rings is 1. The molecule has 3 heterocycles. The fraction of sp³-hybridized carbons (Fsp3) is 0.316. The van der Waals surface area contributed by atoms with Gasteiger partial charge in [0.25, 0.3) is 0 Å². The van der Waals surface area contributed by atoms with E-state index >= 15 is 0 Å². The number of aromatic nitrogens is 5. The zero-order valence-corrected chi connectivity index (χ0v) is 15.7. The normalized spacial score (nSPS) is 11.5. The van der Waals surface area contributed by atoms with Gasteiger partial charge < -0.3 is 4.74 Å². The summed E-state index contributed by atoms with van der Waals surface area (Å²) >= 11 is 1.68. The highest BCUT2D eigenvalue weighted by Crippen LogP contribution is 2.25. The lowest BCUT2D eigenvalue weighted by molar-refractivity contribution is 0.309. The lowest BCUT2D eigenvalue weighted by atomic mass is 10.1. The maximum Gasteiger partial charge on any atom is 0.195 e. The van der Waals surface area contributed by atoms with Gasteiger partial charge in [-0.15, -0.1) is 10.2 Å². The third-order valence-corrected chi connectivity index (χ3v) is 5.00. The van der Waals surface area contributed by atoms with Crippen molar-refractivity contribution in [2.75, 3.05) is 12.4 Å². The summed E-state index contributed by atoms with van der Waals surface area (Å²) < 4.78 is 9.60. The van der Waals surface area contributed by atoms with Crippen LogP contribution in [0.1, 0.15) is 26.7 Å². The summed E-state index contributed by atoms with van der Waals surface area (Å²) in [5, 5.41) is 14.2. The van der Waals surface area contributed by atoms with E-state index in [9.17, 15) is 0 Å². The van der Waals surface area contributed by atoms with E-state index in [1.807, 2.05) is 45.6 Å². The van der Waals surface area contributed by atoms with Crippen LogP contribution in [0.15, 0.2) is 47.9 Å². The van der Waals surface area contributed by atoms with E-state index in [4.69, 9.17) is 4.74 Å². The molecule has 7 heteroatoms. The van der Waals surface area contributed by atoms with Gasteiger partial charge in [-0.2, -0.15) is 5.10 Å². The number of ether oxygens (including phenoxy) is 1. The number of fused-ring (bicyclic) bond motifs is 3. The SMILES string of the molecule is CCCCOc1ccc(-c2cc3c4nnc(SCC)n4ccn3n2)cc1. The van der Waals surface area contributed by atoms with Crippen LogP contribution in [0.4, 0.5) is 0 Å². The van der Waals surface area contributed by atoms with Crippen LogP contribution in [0.3, 0.4) is 0 Å². The van der Waals surface area contributed by atoms with Gasteiger partial charge >= 0.3 is 0 Å². The summed E-state index contributed by atoms with van der Waals surface area (Å²) in [5.41, 5.74) is 3.73. The number of hydrogen-bond acceptors (Lipinski definition) is 5. The van der Waals surface area contributed by atoms with E-state index in [0.717, 1.165) is 58.5 Å². The van der Waals surface area contributed by atoms with Gasteiger partial charge in [-0.25, -0.2) is 4.52 Å². The van der Waals surface area contributed by atoms with Gasteiger partial charge in [0.05, 0.1) is 12.3 Å². The largest absolute Gasteiger partial charge is 0.494 e. The maximum absolute atomic E-state index is 5.73. The second-order valence-electron chi connectivity index (χ2n) is 5.99. The molecule has 0 spiro atoms. The Bertz CT molecular complexity index is 1020. The Morgan fingerprint density at radius 1 is 1.08 bits per heavy atom. The molecule has 0 amide bonds. The van der Waals surface area contributed by atoms with E-state index in [1.165, 1.54) is 0 Å². The number of hydrogen-bond donors (Lipinski definition) is 0. The first-order valence-electron chi connectivity index (χ1n) is 8.89. The molecule has 0 aliphatic heterocycles. The van der Waals surface area contributed by atoms with Crippen molar-refractivity contribution in [3.63, 3.8) is 0 Å². The summed E-state index contributed by atoms with van der Waals surface area (Å²) in [6, 6.07) is 10.1. The van der Waals surface area contributed by atoms with Gasteiger partial charge in [0.2, 0.25) is 0 Å². The number of unbranched alkanes of at least 4 members (excludes halogenated alkanes) is 1. The summed E-state index contributed by atoms with van der Waals surface area (Å²) in [5.74, 6) is 1.86. The van der Waals surface area contributed by atoms with Crippen molar-refractivity contribution in [3.05, 3.63) is 42.7 Å². The highest BCUT2D eigenvalue weighted by Gasteiger charge is 2.12. The van der Waals surface area contributed by atoms with Crippen LogP contribution in [-0.4, -0.2) is 36.6 Å². The first kappa shape index (κ1) is 16.9. The van der Waals surface area contributed by atoms with Crippen LogP contribution in [0, 0.1) is 0 Å². The molecule has 4 rings (SSSR count). The first-order valence-corrected chi connectivity index (χ1v) is 9.88. The lowest BCUT2D eigenvalue weighted by Crippen LogP contribution is -1.96. The zero-order chi connectivity index (χ0) is 17.9. The van der Waals surface area contributed by atoms with Crippen molar-refractivity contribution in [3.8, 4) is 17.0 Å². The Labute approximate surface area is 156 Å². The Morgan fingerprint density at radius 2 is 1.92 bits per heavy atom. The van der Waals surface area contributed by atoms with Crippen LogP contribution in [0.5, 0.6) is 5.75 Å². The third kappa shape index (κ3) is 3.14. The van der Waals surface area contributed by atoms with E-state index in [2.05, 4.69) is 35.2 Å². The minimum Gasteiger partial charge on any atom is -0.494 e. The molecule has 3 aromatic heterocycles. The van der Waals surface area contributed by atoms with Crippen molar-refractivity contribution in [1.29, 1.82) is 0 Å². The first-order chi connectivity index (χ1) is 12.8. The molecule has 0 atom stereocenters. The molecule has 6 nitrogen and oxygen atoms in total. The van der Waals surface area contributed by atoms with E-state index < -0.39 is 0 Å². The fourth-order valence-corrected chi connectivity index (χ4v) is 3.46. The Kier molecular flexibility index (Phi) is 4.79. The van der Waals surface area contributed by atoms with Gasteiger partial charge in [0.15, 0.2) is 10.8 Å². The molecule has 0 aliphatic carbocycles. The monoisotopic (exact) mass is 367 g/mol. The average molecular weight is 367 g/mol. The van der Waals surface area contributed by atoms with Crippen LogP contribution in [-0.2, 0) is 0 Å². The van der Waals surface area contributed by atoms with Gasteiger partial charge in [-0.05, 0) is 42.5 Å². The molecular formula is C19H21N5OS. The molecule has 0 unspecified atom stereocenters. The molecule has 0 radical (unpaired) electrons. The predicted molar refractivity (Wildman–Crippen MR) is 104 cm³/mol. The van der Waals surface area contributed by atoms with Crippen molar-refractivity contribution < 1.29 is 4.74 Å². The minimum atomic E-state index is 0.757. The van der Waals surface area contributed by atoms with E-state index in [0.29, 0.717) is 0 Å². The zero-order valence-electron chi connectivity index (χ0n) is 14.9. The minimum absolute atomic E-state index is 0.757. The third-order valence-electron chi connectivity index (χ3n) is 4.18. The quantitative estimate of drug-likeness (QED) is 0.359. The Morgan fingerprint density at radius 3 is 2.69 bits per heavy atom. The molecule has 1 aromatic carbocycles. The highest BCUT2D eigenvalue weighted by atomic mass is 32.2. The smallest absolute Gasteiger partial charge is 0.195 e. The molecule has 134 valence electrons. The van der Waals surface area contributed by atoms with Crippen molar-refractivity contribution in [1.82, 2.24) is 24.2 Å². The Hall–Kier alpha value is -2.54. The maximum atomic E-state index is 5.73. The van der Waals surface area contributed by atoms with Crippen LogP contribution in [0.25, 0.3) is 22.4 Å². The van der Waals surface area contributed by atoms with E-state index in [1.54, 1.807) is 11.8 Å². The summed E-state index contributed by atoms with van der Waals surface area (Å²) in [6.45, 7) is 5.02. The van der Waals surface area contributed by atoms with Crippen LogP contribution >= 0.6 is 11.8 Å². The van der Waals surface area contributed by atoms with Crippen LogP contribution in [0.2, 0.25) is 0 Å². The number of thioether (sulfide) groups is 1. The predicted octanol–water partition coefficient (Wildman–Crippen LogP) is 4.33. The van der Waals surface area contributed by atoms with Crippen molar-refractivity contribution >= 4 is 22.9 Å². The lowest BCUT2D eigenvalue weighted by Gasteiger charge is -2.05. The second kappa shape index (κ2) is 7.37. The molecule has 0 saturated heterocycles. The van der Waals surface area contributed by atoms with Gasteiger partial charge in [-0.1, -0.05) is 32.0 Å². The molecule has 0 saturated carbocycles. The molecule has 0 aliphatic rings. The molecular weight excluding hydrogens is 346 g/mol. The van der Waals surface area contributed by atoms with Gasteiger partial charge in [0.1, 0.15) is 11.3 Å². The molecule has 0 bridgehead atoms. The number of rotatable bonds is 7. The molecule has 0 N–H and O–H groups in total. The molecule has 0 fully saturated rings. The topological polar surface area (TPSA) is 56.7 Å². The fourth-order valence-electron chi connectivity index (χ4n) is 2.82. The summed E-state index contributed by atoms with van der Waals surface area (Å²) in [4.78, 5) is 0. The highest BCUT2D eigenvalue weighted by molar-refractivity contribution is 7.99.